The van der Waals surface area contributed by atoms with Crippen LogP contribution in [0.2, 0.25) is 0 Å². The standard InChI is InChI=1S/C10H14N2O2/c1-10(2,6-8(13)14)7-4-3-5-12-9(7)11/h3-5H,6H2,1-2H3,(H2,11,12)(H,13,14). The summed E-state index contributed by atoms with van der Waals surface area (Å²) in [7, 11) is 0. The van der Waals surface area contributed by atoms with Gasteiger partial charge in [-0.25, -0.2) is 4.98 Å². The van der Waals surface area contributed by atoms with E-state index in [1.807, 2.05) is 19.9 Å². The predicted octanol–water partition coefficient (Wildman–Crippen LogP) is 1.42. The summed E-state index contributed by atoms with van der Waals surface area (Å²) in [5.74, 6) is -0.433. The average molecular weight is 194 g/mol. The highest BCUT2D eigenvalue weighted by Crippen LogP contribution is 2.29. The number of rotatable bonds is 3. The number of carbonyl (C=O) groups is 1. The summed E-state index contributed by atoms with van der Waals surface area (Å²) < 4.78 is 0. The molecule has 1 aromatic heterocycles. The maximum absolute atomic E-state index is 10.6. The second kappa shape index (κ2) is 3.65. The van der Waals surface area contributed by atoms with E-state index in [9.17, 15) is 4.79 Å². The summed E-state index contributed by atoms with van der Waals surface area (Å²) in [4.78, 5) is 14.6. The number of nitrogens with two attached hydrogens (primary N) is 1. The highest BCUT2D eigenvalue weighted by atomic mass is 16.4. The van der Waals surface area contributed by atoms with Gasteiger partial charge in [-0.2, -0.15) is 0 Å². The molecule has 1 rings (SSSR count). The Bertz CT molecular complexity index is 348. The molecule has 76 valence electrons. The van der Waals surface area contributed by atoms with Crippen molar-refractivity contribution in [1.29, 1.82) is 0 Å². The minimum absolute atomic E-state index is 0.0445. The van der Waals surface area contributed by atoms with Gasteiger partial charge in [0.25, 0.3) is 0 Å². The van der Waals surface area contributed by atoms with Crippen LogP contribution in [0.4, 0.5) is 5.82 Å². The number of nitrogen functional groups attached to an aromatic ring is 1. The van der Waals surface area contributed by atoms with Crippen LogP contribution >= 0.6 is 0 Å². The SMILES string of the molecule is CC(C)(CC(=O)O)c1cccnc1N. The summed E-state index contributed by atoms with van der Waals surface area (Å²) in [5, 5.41) is 8.74. The van der Waals surface area contributed by atoms with E-state index in [1.54, 1.807) is 12.3 Å². The minimum Gasteiger partial charge on any atom is -0.481 e. The minimum atomic E-state index is -0.835. The maximum atomic E-state index is 10.6. The van der Waals surface area contributed by atoms with Crippen LogP contribution in [0.25, 0.3) is 0 Å². The predicted molar refractivity (Wildman–Crippen MR) is 53.9 cm³/mol. The van der Waals surface area contributed by atoms with Crippen LogP contribution in [0.5, 0.6) is 0 Å². The number of nitrogens with zero attached hydrogens (tertiary/aromatic N) is 1. The lowest BCUT2D eigenvalue weighted by Crippen LogP contribution is -2.23. The van der Waals surface area contributed by atoms with E-state index < -0.39 is 11.4 Å². The Balaban J connectivity index is 3.03. The number of anilines is 1. The lowest BCUT2D eigenvalue weighted by atomic mass is 9.82. The van der Waals surface area contributed by atoms with Crippen molar-refractivity contribution in [2.75, 3.05) is 5.73 Å². The van der Waals surface area contributed by atoms with E-state index >= 15 is 0 Å². The second-order valence-electron chi connectivity index (χ2n) is 3.89. The van der Waals surface area contributed by atoms with Crippen molar-refractivity contribution in [1.82, 2.24) is 4.98 Å². The largest absolute Gasteiger partial charge is 0.481 e. The van der Waals surface area contributed by atoms with Crippen molar-refractivity contribution >= 4 is 11.8 Å². The van der Waals surface area contributed by atoms with Gasteiger partial charge in [0.05, 0.1) is 6.42 Å². The van der Waals surface area contributed by atoms with Crippen molar-refractivity contribution in [2.24, 2.45) is 0 Å². The molecule has 0 unspecified atom stereocenters. The Morgan fingerprint density at radius 2 is 2.29 bits per heavy atom. The number of pyridine rings is 1. The molecule has 14 heavy (non-hydrogen) atoms. The lowest BCUT2D eigenvalue weighted by molar-refractivity contribution is -0.138. The Kier molecular flexibility index (Phi) is 2.74. The third-order valence-electron chi connectivity index (χ3n) is 2.16. The molecule has 3 N–H and O–H groups in total. The van der Waals surface area contributed by atoms with Crippen LogP contribution in [0.1, 0.15) is 25.8 Å². The molecule has 4 nitrogen and oxygen atoms in total. The number of carboxylic acids is 1. The van der Waals surface area contributed by atoms with E-state index in [-0.39, 0.29) is 6.42 Å². The first-order valence-electron chi connectivity index (χ1n) is 4.36. The van der Waals surface area contributed by atoms with Crippen molar-refractivity contribution in [3.05, 3.63) is 23.9 Å². The Morgan fingerprint density at radius 1 is 1.64 bits per heavy atom. The first kappa shape index (κ1) is 10.5. The van der Waals surface area contributed by atoms with Gasteiger partial charge < -0.3 is 10.8 Å². The summed E-state index contributed by atoms with van der Waals surface area (Å²) in [6, 6.07) is 3.57. The fraction of sp³-hybridized carbons (Fsp3) is 0.400. The van der Waals surface area contributed by atoms with Crippen molar-refractivity contribution in [3.8, 4) is 0 Å². The van der Waals surface area contributed by atoms with Crippen LogP contribution < -0.4 is 5.73 Å². The third-order valence-corrected chi connectivity index (χ3v) is 2.16. The average Bonchev–Trinajstić information content (AvgIpc) is 2.02. The molecule has 0 radical (unpaired) electrons. The molecule has 0 aliphatic heterocycles. The zero-order chi connectivity index (χ0) is 10.8. The maximum Gasteiger partial charge on any atom is 0.304 e. The molecule has 4 heteroatoms. The zero-order valence-corrected chi connectivity index (χ0v) is 8.32. The van der Waals surface area contributed by atoms with Gasteiger partial charge in [-0.05, 0) is 6.07 Å². The molecule has 0 aliphatic carbocycles. The number of hydrogen-bond donors (Lipinski definition) is 2. The molecule has 0 aromatic carbocycles. The van der Waals surface area contributed by atoms with Gasteiger partial charge in [-0.15, -0.1) is 0 Å². The van der Waals surface area contributed by atoms with Gasteiger partial charge in [-0.3, -0.25) is 4.79 Å². The van der Waals surface area contributed by atoms with Crippen molar-refractivity contribution < 1.29 is 9.90 Å². The quantitative estimate of drug-likeness (QED) is 0.762. The fourth-order valence-electron chi connectivity index (χ4n) is 1.46. The zero-order valence-electron chi connectivity index (χ0n) is 8.32. The molecule has 0 amide bonds. The highest BCUT2D eigenvalue weighted by Gasteiger charge is 2.26. The number of carboxylic acid groups (broad SMARTS) is 1. The van der Waals surface area contributed by atoms with Crippen molar-refractivity contribution in [3.63, 3.8) is 0 Å². The molecule has 0 aliphatic rings. The topological polar surface area (TPSA) is 76.2 Å². The molecule has 0 saturated carbocycles. The van der Waals surface area contributed by atoms with Gasteiger partial charge in [-0.1, -0.05) is 19.9 Å². The summed E-state index contributed by atoms with van der Waals surface area (Å²) in [6.45, 7) is 3.68. The van der Waals surface area contributed by atoms with Gasteiger partial charge in [0, 0.05) is 17.2 Å². The van der Waals surface area contributed by atoms with Crippen LogP contribution in [0.15, 0.2) is 18.3 Å². The second-order valence-corrected chi connectivity index (χ2v) is 3.89. The van der Waals surface area contributed by atoms with Crippen LogP contribution in [0, 0.1) is 0 Å². The van der Waals surface area contributed by atoms with Crippen LogP contribution in [-0.2, 0) is 10.2 Å². The molecule has 0 saturated heterocycles. The molecular formula is C10H14N2O2. The molecule has 0 bridgehead atoms. The number of aliphatic carboxylic acids is 1. The van der Waals surface area contributed by atoms with Gasteiger partial charge in [0.15, 0.2) is 0 Å². The van der Waals surface area contributed by atoms with E-state index in [0.29, 0.717) is 5.82 Å². The van der Waals surface area contributed by atoms with Gasteiger partial charge in [0.2, 0.25) is 0 Å². The van der Waals surface area contributed by atoms with Crippen molar-refractivity contribution in [2.45, 2.75) is 25.7 Å². The summed E-state index contributed by atoms with van der Waals surface area (Å²) in [5.41, 5.74) is 5.98. The lowest BCUT2D eigenvalue weighted by Gasteiger charge is -2.23. The van der Waals surface area contributed by atoms with E-state index in [1.165, 1.54) is 0 Å². The summed E-state index contributed by atoms with van der Waals surface area (Å²) >= 11 is 0. The van der Waals surface area contributed by atoms with E-state index in [4.69, 9.17) is 10.8 Å². The molecule has 0 atom stereocenters. The molecule has 1 aromatic rings. The Labute approximate surface area is 82.8 Å². The monoisotopic (exact) mass is 194 g/mol. The molecule has 0 fully saturated rings. The smallest absolute Gasteiger partial charge is 0.304 e. The number of aromatic nitrogens is 1. The van der Waals surface area contributed by atoms with Gasteiger partial charge in [0.1, 0.15) is 5.82 Å². The highest BCUT2D eigenvalue weighted by molar-refractivity contribution is 5.69. The van der Waals surface area contributed by atoms with E-state index in [2.05, 4.69) is 4.98 Å². The molecule has 0 spiro atoms. The molecular weight excluding hydrogens is 180 g/mol. The third kappa shape index (κ3) is 2.22. The van der Waals surface area contributed by atoms with E-state index in [0.717, 1.165) is 5.56 Å². The fourth-order valence-corrected chi connectivity index (χ4v) is 1.46. The normalized spacial score (nSPS) is 11.3. The first-order valence-corrected chi connectivity index (χ1v) is 4.36. The number of hydrogen-bond acceptors (Lipinski definition) is 3. The Hall–Kier alpha value is -1.58. The first-order chi connectivity index (χ1) is 6.43. The van der Waals surface area contributed by atoms with Crippen LogP contribution in [0.3, 0.4) is 0 Å². The molecule has 1 heterocycles. The van der Waals surface area contributed by atoms with Crippen LogP contribution in [-0.4, -0.2) is 16.1 Å². The van der Waals surface area contributed by atoms with Gasteiger partial charge >= 0.3 is 5.97 Å². The Morgan fingerprint density at radius 3 is 2.79 bits per heavy atom. The summed E-state index contributed by atoms with van der Waals surface area (Å²) in [6.07, 6.45) is 1.64.